The van der Waals surface area contributed by atoms with Gasteiger partial charge in [-0.3, -0.25) is 9.78 Å². The van der Waals surface area contributed by atoms with Crippen molar-refractivity contribution in [2.45, 2.75) is 52.7 Å². The first-order valence-electron chi connectivity index (χ1n) is 8.71. The van der Waals surface area contributed by atoms with Crippen molar-refractivity contribution in [2.24, 2.45) is 11.8 Å². The summed E-state index contributed by atoms with van der Waals surface area (Å²) >= 11 is 0. The Bertz CT molecular complexity index is 600. The van der Waals surface area contributed by atoms with E-state index in [2.05, 4.69) is 22.2 Å². The number of rotatable bonds is 3. The number of nitrogens with one attached hydrogen (secondary N) is 1. The van der Waals surface area contributed by atoms with Crippen LogP contribution < -0.4 is 5.32 Å². The summed E-state index contributed by atoms with van der Waals surface area (Å²) in [6, 6.07) is 0.127. The van der Waals surface area contributed by atoms with Gasteiger partial charge in [-0.05, 0) is 46.0 Å². The molecule has 2 amide bonds. The summed E-state index contributed by atoms with van der Waals surface area (Å²) in [4.78, 5) is 34.5. The van der Waals surface area contributed by atoms with E-state index in [1.807, 2.05) is 32.6 Å². The average Bonchev–Trinajstić information content (AvgIpc) is 2.52. The number of carbonyl (C=O) groups is 2. The summed E-state index contributed by atoms with van der Waals surface area (Å²) in [6.07, 6.45) is 5.01. The van der Waals surface area contributed by atoms with Crippen LogP contribution in [-0.4, -0.2) is 51.6 Å². The first-order valence-corrected chi connectivity index (χ1v) is 8.71. The molecule has 1 aliphatic rings. The maximum Gasteiger partial charge on any atom is 0.407 e. The van der Waals surface area contributed by atoms with Crippen molar-refractivity contribution in [1.82, 2.24) is 20.2 Å². The molecule has 1 N–H and O–H groups in total. The van der Waals surface area contributed by atoms with Gasteiger partial charge in [-0.1, -0.05) is 6.92 Å². The van der Waals surface area contributed by atoms with E-state index in [9.17, 15) is 9.59 Å². The Labute approximate surface area is 149 Å². The van der Waals surface area contributed by atoms with E-state index in [1.54, 1.807) is 6.20 Å². The van der Waals surface area contributed by atoms with Crippen LogP contribution in [0.3, 0.4) is 0 Å². The van der Waals surface area contributed by atoms with Crippen molar-refractivity contribution >= 4 is 12.0 Å². The Morgan fingerprint density at radius 1 is 1.32 bits per heavy atom. The molecule has 7 heteroatoms. The second-order valence-corrected chi connectivity index (χ2v) is 7.75. The van der Waals surface area contributed by atoms with Gasteiger partial charge in [0.25, 0.3) is 5.91 Å². The molecule has 3 atom stereocenters. The standard InChI is InChI=1S/C18H28N4O3/c1-12-8-13(2)22(16(23)15-10-19-6-7-20-15)11-14(12)9-21-17(24)25-18(3,4)5/h6-7,10,12-14H,8-9,11H2,1-5H3,(H,21,24). The molecule has 1 aromatic rings. The zero-order chi connectivity index (χ0) is 18.6. The number of aromatic nitrogens is 2. The number of hydrogen-bond acceptors (Lipinski definition) is 5. The molecule has 1 fully saturated rings. The molecular formula is C18H28N4O3. The smallest absolute Gasteiger partial charge is 0.407 e. The third-order valence-electron chi connectivity index (χ3n) is 4.43. The quantitative estimate of drug-likeness (QED) is 0.907. The molecule has 7 nitrogen and oxygen atoms in total. The zero-order valence-corrected chi connectivity index (χ0v) is 15.7. The highest BCUT2D eigenvalue weighted by atomic mass is 16.6. The van der Waals surface area contributed by atoms with Gasteiger partial charge in [0.05, 0.1) is 6.20 Å². The van der Waals surface area contributed by atoms with Crippen LogP contribution in [0.15, 0.2) is 18.6 Å². The lowest BCUT2D eigenvalue weighted by molar-refractivity contribution is 0.0397. The number of alkyl carbamates (subject to hydrolysis) is 1. The number of hydrogen-bond donors (Lipinski definition) is 1. The van der Waals surface area contributed by atoms with Crippen LogP contribution in [0, 0.1) is 11.8 Å². The second-order valence-electron chi connectivity index (χ2n) is 7.75. The maximum atomic E-state index is 12.7. The molecule has 0 aromatic carbocycles. The van der Waals surface area contributed by atoms with Gasteiger partial charge in [0, 0.05) is 31.5 Å². The lowest BCUT2D eigenvalue weighted by Crippen LogP contribution is -2.51. The van der Waals surface area contributed by atoms with Crippen LogP contribution in [0.1, 0.15) is 51.5 Å². The van der Waals surface area contributed by atoms with Crippen molar-refractivity contribution in [3.63, 3.8) is 0 Å². The third-order valence-corrected chi connectivity index (χ3v) is 4.43. The fraction of sp³-hybridized carbons (Fsp3) is 0.667. The Kier molecular flexibility index (Phi) is 5.98. The van der Waals surface area contributed by atoms with E-state index in [-0.39, 0.29) is 17.9 Å². The van der Waals surface area contributed by atoms with Crippen LogP contribution in [0.2, 0.25) is 0 Å². The van der Waals surface area contributed by atoms with Crippen LogP contribution in [0.4, 0.5) is 4.79 Å². The Balaban J connectivity index is 1.98. The largest absolute Gasteiger partial charge is 0.444 e. The molecule has 0 radical (unpaired) electrons. The van der Waals surface area contributed by atoms with Crippen LogP contribution in [0.25, 0.3) is 0 Å². The van der Waals surface area contributed by atoms with E-state index in [0.717, 1.165) is 6.42 Å². The summed E-state index contributed by atoms with van der Waals surface area (Å²) in [5.41, 5.74) is -0.173. The summed E-state index contributed by atoms with van der Waals surface area (Å²) < 4.78 is 5.28. The molecule has 1 aliphatic heterocycles. The minimum Gasteiger partial charge on any atom is -0.444 e. The zero-order valence-electron chi connectivity index (χ0n) is 15.7. The number of ether oxygens (including phenoxy) is 1. The number of nitrogens with zero attached hydrogens (tertiary/aromatic N) is 3. The second kappa shape index (κ2) is 7.80. The van der Waals surface area contributed by atoms with Gasteiger partial charge in [0.15, 0.2) is 0 Å². The van der Waals surface area contributed by atoms with Gasteiger partial charge in [0.2, 0.25) is 0 Å². The Morgan fingerprint density at radius 3 is 2.64 bits per heavy atom. The molecule has 138 valence electrons. The van der Waals surface area contributed by atoms with E-state index in [4.69, 9.17) is 4.74 Å². The monoisotopic (exact) mass is 348 g/mol. The first-order chi connectivity index (χ1) is 11.7. The van der Waals surface area contributed by atoms with Gasteiger partial charge in [-0.25, -0.2) is 9.78 Å². The number of amides is 2. The van der Waals surface area contributed by atoms with Crippen molar-refractivity contribution in [3.05, 3.63) is 24.3 Å². The number of piperidine rings is 1. The SMILES string of the molecule is CC1CC(C)N(C(=O)c2cnccn2)CC1CNC(=O)OC(C)(C)C. The van der Waals surface area contributed by atoms with E-state index in [1.165, 1.54) is 12.4 Å². The van der Waals surface area contributed by atoms with Crippen LogP contribution in [0.5, 0.6) is 0 Å². The van der Waals surface area contributed by atoms with Crippen LogP contribution in [-0.2, 0) is 4.74 Å². The van der Waals surface area contributed by atoms with E-state index < -0.39 is 11.7 Å². The van der Waals surface area contributed by atoms with Crippen molar-refractivity contribution < 1.29 is 14.3 Å². The average molecular weight is 348 g/mol. The highest BCUT2D eigenvalue weighted by molar-refractivity contribution is 5.92. The third kappa shape index (κ3) is 5.41. The van der Waals surface area contributed by atoms with E-state index >= 15 is 0 Å². The van der Waals surface area contributed by atoms with Gasteiger partial charge < -0.3 is 15.0 Å². The van der Waals surface area contributed by atoms with Gasteiger partial charge >= 0.3 is 6.09 Å². The van der Waals surface area contributed by atoms with Crippen molar-refractivity contribution in [3.8, 4) is 0 Å². The molecule has 1 aromatic heterocycles. The summed E-state index contributed by atoms with van der Waals surface area (Å²) in [5, 5.41) is 2.83. The molecule has 1 saturated heterocycles. The van der Waals surface area contributed by atoms with E-state index in [0.29, 0.717) is 24.7 Å². The predicted octanol–water partition coefficient (Wildman–Crippen LogP) is 2.49. The van der Waals surface area contributed by atoms with Crippen molar-refractivity contribution in [1.29, 1.82) is 0 Å². The molecule has 3 unspecified atom stereocenters. The highest BCUT2D eigenvalue weighted by Gasteiger charge is 2.34. The minimum atomic E-state index is -0.523. The fourth-order valence-electron chi connectivity index (χ4n) is 3.10. The molecule has 2 heterocycles. The first kappa shape index (κ1) is 19.1. The number of carbonyl (C=O) groups excluding carboxylic acids is 2. The van der Waals surface area contributed by atoms with Crippen LogP contribution >= 0.6 is 0 Å². The molecule has 0 bridgehead atoms. The lowest BCUT2D eigenvalue weighted by Gasteiger charge is -2.41. The molecule has 0 aliphatic carbocycles. The molecule has 25 heavy (non-hydrogen) atoms. The number of likely N-dealkylation sites (tertiary alicyclic amines) is 1. The summed E-state index contributed by atoms with van der Waals surface area (Å²) in [5.74, 6) is 0.454. The maximum absolute atomic E-state index is 12.7. The summed E-state index contributed by atoms with van der Waals surface area (Å²) in [6.45, 7) is 10.8. The van der Waals surface area contributed by atoms with Crippen molar-refractivity contribution in [2.75, 3.05) is 13.1 Å². The Hall–Kier alpha value is -2.18. The highest BCUT2D eigenvalue weighted by Crippen LogP contribution is 2.28. The molecule has 2 rings (SSSR count). The van der Waals surface area contributed by atoms with Gasteiger partial charge in [0.1, 0.15) is 11.3 Å². The predicted molar refractivity (Wildman–Crippen MR) is 94.0 cm³/mol. The normalized spacial score (nSPS) is 23.9. The molecule has 0 spiro atoms. The minimum absolute atomic E-state index is 0.116. The summed E-state index contributed by atoms with van der Waals surface area (Å²) in [7, 11) is 0. The fourth-order valence-corrected chi connectivity index (χ4v) is 3.10. The molecular weight excluding hydrogens is 320 g/mol. The lowest BCUT2D eigenvalue weighted by atomic mass is 9.83. The van der Waals surface area contributed by atoms with Gasteiger partial charge in [-0.15, -0.1) is 0 Å². The Morgan fingerprint density at radius 2 is 2.04 bits per heavy atom. The van der Waals surface area contributed by atoms with Gasteiger partial charge in [-0.2, -0.15) is 0 Å². The topological polar surface area (TPSA) is 84.4 Å². The molecule has 0 saturated carbocycles.